The molecule has 0 bridgehead atoms. The van der Waals surface area contributed by atoms with E-state index in [1.165, 1.54) is 28.1 Å². The zero-order valence-corrected chi connectivity index (χ0v) is 14.3. The Labute approximate surface area is 138 Å². The third kappa shape index (κ3) is 3.07. The topological polar surface area (TPSA) is 33.7 Å². The van der Waals surface area contributed by atoms with E-state index in [0.717, 1.165) is 31.1 Å². The van der Waals surface area contributed by atoms with Gasteiger partial charge in [0.1, 0.15) is 0 Å². The van der Waals surface area contributed by atoms with Crippen LogP contribution in [0, 0.1) is 13.8 Å². The molecule has 122 valence electrons. The van der Waals surface area contributed by atoms with Crippen molar-refractivity contribution in [3.8, 4) is 11.5 Å². The van der Waals surface area contributed by atoms with Gasteiger partial charge in [0, 0.05) is 19.6 Å². The normalized spacial score (nSPS) is 13.3. The second kappa shape index (κ2) is 6.41. The molecule has 1 aliphatic rings. The molecular weight excluding hydrogens is 288 g/mol. The van der Waals surface area contributed by atoms with Crippen LogP contribution in [0.25, 0.3) is 0 Å². The number of fused-ring (bicyclic) bond motifs is 1. The van der Waals surface area contributed by atoms with E-state index in [1.54, 1.807) is 14.2 Å². The lowest BCUT2D eigenvalue weighted by atomic mass is 10.0. The van der Waals surface area contributed by atoms with Gasteiger partial charge in [0.2, 0.25) is 0 Å². The number of benzene rings is 2. The first-order valence-electron chi connectivity index (χ1n) is 7.93. The van der Waals surface area contributed by atoms with E-state index < -0.39 is 0 Å². The van der Waals surface area contributed by atoms with Gasteiger partial charge < -0.3 is 19.7 Å². The van der Waals surface area contributed by atoms with E-state index >= 15 is 0 Å². The highest BCUT2D eigenvalue weighted by molar-refractivity contribution is 5.74. The van der Waals surface area contributed by atoms with E-state index in [1.807, 2.05) is 6.07 Å². The van der Waals surface area contributed by atoms with Gasteiger partial charge in [-0.05, 0) is 54.8 Å². The molecule has 0 amide bonds. The number of anilines is 2. The van der Waals surface area contributed by atoms with Crippen molar-refractivity contribution in [2.24, 2.45) is 0 Å². The van der Waals surface area contributed by atoms with Crippen LogP contribution in [-0.2, 0) is 6.54 Å². The average molecular weight is 312 g/mol. The van der Waals surface area contributed by atoms with Gasteiger partial charge in [-0.1, -0.05) is 6.07 Å². The molecule has 1 N–H and O–H groups in total. The lowest BCUT2D eigenvalue weighted by molar-refractivity contribution is 0.354. The molecule has 1 aliphatic heterocycles. The summed E-state index contributed by atoms with van der Waals surface area (Å²) in [5, 5.41) is 3.50. The minimum absolute atomic E-state index is 0.767. The minimum atomic E-state index is 0.767. The predicted octanol–water partition coefficient (Wildman–Crippen LogP) is 3.75. The Bertz CT molecular complexity index is 713. The number of rotatable bonds is 4. The van der Waals surface area contributed by atoms with E-state index in [4.69, 9.17) is 9.47 Å². The fourth-order valence-corrected chi connectivity index (χ4v) is 3.01. The van der Waals surface area contributed by atoms with Gasteiger partial charge in [0.25, 0.3) is 0 Å². The molecule has 0 spiro atoms. The van der Waals surface area contributed by atoms with Crippen LogP contribution in [0.4, 0.5) is 11.4 Å². The standard InChI is InChI=1S/C19H24N2O2/c1-13-9-16-17(10-14(13)2)21(8-7-20-16)12-15-5-6-18(22-3)19(11-15)23-4/h5-6,9-11,20H,7-8,12H2,1-4H3. The number of ether oxygens (including phenoxy) is 2. The van der Waals surface area contributed by atoms with Gasteiger partial charge in [-0.15, -0.1) is 0 Å². The van der Waals surface area contributed by atoms with Gasteiger partial charge >= 0.3 is 0 Å². The number of hydrogen-bond donors (Lipinski definition) is 1. The van der Waals surface area contributed by atoms with Gasteiger partial charge in [0.05, 0.1) is 25.6 Å². The van der Waals surface area contributed by atoms with E-state index in [9.17, 15) is 0 Å². The van der Waals surface area contributed by atoms with Crippen LogP contribution in [0.5, 0.6) is 11.5 Å². The number of aryl methyl sites for hydroxylation is 2. The summed E-state index contributed by atoms with van der Waals surface area (Å²) in [5.74, 6) is 1.55. The average Bonchev–Trinajstić information content (AvgIpc) is 2.56. The highest BCUT2D eigenvalue weighted by Crippen LogP contribution is 2.34. The lowest BCUT2D eigenvalue weighted by Gasteiger charge is -2.33. The third-order valence-electron chi connectivity index (χ3n) is 4.47. The molecule has 0 radical (unpaired) electrons. The van der Waals surface area contributed by atoms with Crippen molar-refractivity contribution >= 4 is 11.4 Å². The van der Waals surface area contributed by atoms with Crippen LogP contribution in [0.3, 0.4) is 0 Å². The number of nitrogens with one attached hydrogen (secondary N) is 1. The molecule has 4 nitrogen and oxygen atoms in total. The molecule has 4 heteroatoms. The van der Waals surface area contributed by atoms with Crippen LogP contribution < -0.4 is 19.7 Å². The van der Waals surface area contributed by atoms with Crippen LogP contribution in [0.2, 0.25) is 0 Å². The molecule has 2 aromatic carbocycles. The van der Waals surface area contributed by atoms with E-state index in [0.29, 0.717) is 0 Å². The predicted molar refractivity (Wildman–Crippen MR) is 95.0 cm³/mol. The SMILES string of the molecule is COc1ccc(CN2CCNc3cc(C)c(C)cc32)cc1OC. The van der Waals surface area contributed by atoms with Crippen LogP contribution in [0.1, 0.15) is 16.7 Å². The zero-order chi connectivity index (χ0) is 16.4. The van der Waals surface area contributed by atoms with Gasteiger partial charge in [-0.3, -0.25) is 0 Å². The molecule has 3 rings (SSSR count). The van der Waals surface area contributed by atoms with Crippen LogP contribution >= 0.6 is 0 Å². The summed E-state index contributed by atoms with van der Waals surface area (Å²) in [5.41, 5.74) is 6.36. The molecule has 0 aromatic heterocycles. The summed E-state index contributed by atoms with van der Waals surface area (Å²) in [6, 6.07) is 10.6. The number of hydrogen-bond acceptors (Lipinski definition) is 4. The van der Waals surface area contributed by atoms with Crippen molar-refractivity contribution < 1.29 is 9.47 Å². The monoisotopic (exact) mass is 312 g/mol. The highest BCUT2D eigenvalue weighted by atomic mass is 16.5. The first kappa shape index (κ1) is 15.5. The first-order valence-corrected chi connectivity index (χ1v) is 7.93. The van der Waals surface area contributed by atoms with Crippen LogP contribution in [0.15, 0.2) is 30.3 Å². The van der Waals surface area contributed by atoms with Crippen molar-refractivity contribution in [1.29, 1.82) is 0 Å². The van der Waals surface area contributed by atoms with Gasteiger partial charge in [0.15, 0.2) is 11.5 Å². The molecule has 0 atom stereocenters. The summed E-state index contributed by atoms with van der Waals surface area (Å²) < 4.78 is 10.7. The van der Waals surface area contributed by atoms with Crippen molar-refractivity contribution in [3.63, 3.8) is 0 Å². The summed E-state index contributed by atoms with van der Waals surface area (Å²) in [6.45, 7) is 7.13. The lowest BCUT2D eigenvalue weighted by Crippen LogP contribution is -2.33. The Kier molecular flexibility index (Phi) is 4.33. The fraction of sp³-hybridized carbons (Fsp3) is 0.368. The molecule has 0 saturated carbocycles. The summed E-state index contributed by atoms with van der Waals surface area (Å²) in [6.07, 6.45) is 0. The summed E-state index contributed by atoms with van der Waals surface area (Å²) >= 11 is 0. The second-order valence-corrected chi connectivity index (χ2v) is 5.99. The molecule has 23 heavy (non-hydrogen) atoms. The quantitative estimate of drug-likeness (QED) is 0.932. The maximum absolute atomic E-state index is 5.41. The fourth-order valence-electron chi connectivity index (χ4n) is 3.01. The molecule has 0 unspecified atom stereocenters. The second-order valence-electron chi connectivity index (χ2n) is 5.99. The maximum Gasteiger partial charge on any atom is 0.161 e. The number of nitrogens with zero attached hydrogens (tertiary/aromatic N) is 1. The largest absolute Gasteiger partial charge is 0.493 e. The Balaban J connectivity index is 1.89. The smallest absolute Gasteiger partial charge is 0.161 e. The molecule has 0 saturated heterocycles. The highest BCUT2D eigenvalue weighted by Gasteiger charge is 2.18. The third-order valence-corrected chi connectivity index (χ3v) is 4.47. The van der Waals surface area contributed by atoms with Crippen molar-refractivity contribution in [1.82, 2.24) is 0 Å². The van der Waals surface area contributed by atoms with E-state index in [2.05, 4.69) is 48.3 Å². The Hall–Kier alpha value is -2.36. The van der Waals surface area contributed by atoms with Crippen molar-refractivity contribution in [2.45, 2.75) is 20.4 Å². The Morgan fingerprint density at radius 1 is 1.00 bits per heavy atom. The van der Waals surface area contributed by atoms with E-state index in [-0.39, 0.29) is 0 Å². The van der Waals surface area contributed by atoms with Gasteiger partial charge in [-0.25, -0.2) is 0 Å². The molecule has 0 aliphatic carbocycles. The Morgan fingerprint density at radius 2 is 1.74 bits per heavy atom. The molecule has 1 heterocycles. The maximum atomic E-state index is 5.41. The zero-order valence-electron chi connectivity index (χ0n) is 14.3. The van der Waals surface area contributed by atoms with Crippen LogP contribution in [-0.4, -0.2) is 27.3 Å². The van der Waals surface area contributed by atoms with Crippen molar-refractivity contribution in [3.05, 3.63) is 47.0 Å². The minimum Gasteiger partial charge on any atom is -0.493 e. The van der Waals surface area contributed by atoms with Crippen molar-refractivity contribution in [2.75, 3.05) is 37.5 Å². The first-order chi connectivity index (χ1) is 11.1. The molecular formula is C19H24N2O2. The number of methoxy groups -OCH3 is 2. The summed E-state index contributed by atoms with van der Waals surface area (Å²) in [7, 11) is 3.34. The molecule has 2 aromatic rings. The Morgan fingerprint density at radius 3 is 2.48 bits per heavy atom. The summed E-state index contributed by atoms with van der Waals surface area (Å²) in [4.78, 5) is 2.42. The van der Waals surface area contributed by atoms with Gasteiger partial charge in [-0.2, -0.15) is 0 Å². The molecule has 0 fully saturated rings.